The van der Waals surface area contributed by atoms with Crippen LogP contribution in [-0.2, 0) is 0 Å². The second-order valence-electron chi connectivity index (χ2n) is 6.25. The minimum atomic E-state index is 1.30. The summed E-state index contributed by atoms with van der Waals surface area (Å²) in [5.74, 6) is 0. The predicted octanol–water partition coefficient (Wildman–Crippen LogP) is 5.89. The molecule has 0 atom stereocenters. The van der Waals surface area contributed by atoms with Crippen LogP contribution in [0.4, 0.5) is 0 Å². The molecule has 0 amide bonds. The number of fused-ring (bicyclic) bond motifs is 8. The van der Waals surface area contributed by atoms with Gasteiger partial charge in [-0.3, -0.25) is 0 Å². The van der Waals surface area contributed by atoms with E-state index in [9.17, 15) is 0 Å². The Morgan fingerprint density at radius 1 is 0.609 bits per heavy atom. The van der Waals surface area contributed by atoms with Crippen LogP contribution in [0.2, 0.25) is 0 Å². The molecule has 0 N–H and O–H groups in total. The average Bonchev–Trinajstić information content (AvgIpc) is 3.12. The summed E-state index contributed by atoms with van der Waals surface area (Å²) in [5, 5.41) is 5.43. The second-order valence-corrected chi connectivity index (χ2v) is 6.25. The average molecular weight is 291 g/mol. The van der Waals surface area contributed by atoms with E-state index >= 15 is 0 Å². The van der Waals surface area contributed by atoms with Crippen molar-refractivity contribution >= 4 is 27.1 Å². The number of pyridine rings is 1. The summed E-state index contributed by atoms with van der Waals surface area (Å²) in [6, 6.07) is 26.3. The summed E-state index contributed by atoms with van der Waals surface area (Å²) in [7, 11) is 0. The Bertz CT molecular complexity index is 1260. The Morgan fingerprint density at radius 2 is 1.39 bits per heavy atom. The van der Waals surface area contributed by atoms with Gasteiger partial charge in [0.15, 0.2) is 0 Å². The molecule has 3 aromatic carbocycles. The molecule has 0 saturated carbocycles. The van der Waals surface area contributed by atoms with Crippen LogP contribution < -0.4 is 0 Å². The van der Waals surface area contributed by atoms with E-state index in [1.54, 1.807) is 0 Å². The summed E-state index contributed by atoms with van der Waals surface area (Å²) in [5.41, 5.74) is 6.70. The van der Waals surface area contributed by atoms with Crippen molar-refractivity contribution in [1.29, 1.82) is 0 Å². The molecule has 23 heavy (non-hydrogen) atoms. The van der Waals surface area contributed by atoms with Crippen LogP contribution in [0.5, 0.6) is 0 Å². The van der Waals surface area contributed by atoms with Crippen molar-refractivity contribution in [3.05, 3.63) is 79.0 Å². The normalized spacial score (nSPS) is 12.3. The van der Waals surface area contributed by atoms with Gasteiger partial charge in [0.2, 0.25) is 0 Å². The smallest absolute Gasteiger partial charge is 0.0620 e. The fraction of sp³-hybridized carbons (Fsp3) is 0. The highest BCUT2D eigenvalue weighted by atomic mass is 14.9. The molecule has 1 nitrogen and oxygen atoms in total. The quantitative estimate of drug-likeness (QED) is 0.328. The molecular weight excluding hydrogens is 278 g/mol. The lowest BCUT2D eigenvalue weighted by Crippen LogP contribution is -1.86. The van der Waals surface area contributed by atoms with Crippen LogP contribution >= 0.6 is 0 Å². The zero-order chi connectivity index (χ0) is 15.0. The van der Waals surface area contributed by atoms with Crippen LogP contribution in [0.25, 0.3) is 49.4 Å². The largest absolute Gasteiger partial charge is 0.315 e. The molecule has 1 aliphatic carbocycles. The lowest BCUT2D eigenvalue weighted by molar-refractivity contribution is 1.22. The molecule has 5 aromatic rings. The van der Waals surface area contributed by atoms with Gasteiger partial charge in [-0.1, -0.05) is 54.6 Å². The van der Waals surface area contributed by atoms with Crippen LogP contribution in [0.1, 0.15) is 0 Å². The zero-order valence-electron chi connectivity index (χ0n) is 12.5. The SMILES string of the molecule is c1ccc2c(c1)-c1cc3ccccc3c3c1c-2n1ccccc31. The number of aromatic nitrogens is 1. The van der Waals surface area contributed by atoms with E-state index in [1.165, 1.54) is 49.4 Å². The number of hydrogen-bond acceptors (Lipinski definition) is 0. The van der Waals surface area contributed by atoms with Gasteiger partial charge in [-0.25, -0.2) is 0 Å². The van der Waals surface area contributed by atoms with Gasteiger partial charge in [0.1, 0.15) is 0 Å². The maximum Gasteiger partial charge on any atom is 0.0620 e. The van der Waals surface area contributed by atoms with Gasteiger partial charge < -0.3 is 4.40 Å². The van der Waals surface area contributed by atoms with Crippen molar-refractivity contribution in [2.75, 3.05) is 0 Å². The first-order chi connectivity index (χ1) is 11.4. The van der Waals surface area contributed by atoms with Crippen molar-refractivity contribution < 1.29 is 0 Å². The highest BCUT2D eigenvalue weighted by Gasteiger charge is 2.26. The zero-order valence-corrected chi connectivity index (χ0v) is 12.5. The monoisotopic (exact) mass is 291 g/mol. The van der Waals surface area contributed by atoms with E-state index in [-0.39, 0.29) is 0 Å². The first kappa shape index (κ1) is 11.5. The maximum atomic E-state index is 2.35. The van der Waals surface area contributed by atoms with Crippen molar-refractivity contribution in [1.82, 2.24) is 4.40 Å². The Labute approximate surface area is 133 Å². The molecule has 1 heteroatoms. The highest BCUT2D eigenvalue weighted by Crippen LogP contribution is 2.51. The molecule has 6 rings (SSSR count). The van der Waals surface area contributed by atoms with E-state index in [1.807, 2.05) is 0 Å². The number of hydrogen-bond donors (Lipinski definition) is 0. The van der Waals surface area contributed by atoms with E-state index in [2.05, 4.69) is 83.4 Å². The Morgan fingerprint density at radius 3 is 2.35 bits per heavy atom. The van der Waals surface area contributed by atoms with E-state index < -0.39 is 0 Å². The molecule has 0 radical (unpaired) electrons. The predicted molar refractivity (Wildman–Crippen MR) is 96.8 cm³/mol. The third-order valence-electron chi connectivity index (χ3n) is 5.12. The van der Waals surface area contributed by atoms with Crippen LogP contribution in [-0.4, -0.2) is 4.40 Å². The van der Waals surface area contributed by atoms with Gasteiger partial charge in [0.05, 0.1) is 11.2 Å². The summed E-state index contributed by atoms with van der Waals surface area (Å²) in [4.78, 5) is 0. The van der Waals surface area contributed by atoms with Gasteiger partial charge in [0, 0.05) is 22.5 Å². The third kappa shape index (κ3) is 1.25. The van der Waals surface area contributed by atoms with Crippen LogP contribution in [0.3, 0.4) is 0 Å². The van der Waals surface area contributed by atoms with Gasteiger partial charge in [0.25, 0.3) is 0 Å². The summed E-state index contributed by atoms with van der Waals surface area (Å²) in [6.45, 7) is 0. The van der Waals surface area contributed by atoms with E-state index in [0.29, 0.717) is 0 Å². The minimum absolute atomic E-state index is 1.30. The lowest BCUT2D eigenvalue weighted by atomic mass is 9.98. The van der Waals surface area contributed by atoms with Crippen LogP contribution in [0.15, 0.2) is 79.0 Å². The van der Waals surface area contributed by atoms with Crippen molar-refractivity contribution in [3.8, 4) is 22.4 Å². The molecule has 0 aliphatic heterocycles. The van der Waals surface area contributed by atoms with Crippen molar-refractivity contribution in [2.45, 2.75) is 0 Å². The van der Waals surface area contributed by atoms with E-state index in [0.717, 1.165) is 0 Å². The number of rotatable bonds is 0. The number of nitrogens with zero attached hydrogens (tertiary/aromatic N) is 1. The molecule has 0 unspecified atom stereocenters. The molecule has 0 saturated heterocycles. The third-order valence-corrected chi connectivity index (χ3v) is 5.12. The molecule has 1 aliphatic rings. The van der Waals surface area contributed by atoms with Gasteiger partial charge in [-0.05, 0) is 40.1 Å². The standard InChI is InChI=1S/C22H13N/c1-2-8-15-14(7-1)13-18-16-9-3-4-10-17(16)22-21(18)20(15)19-11-5-6-12-23(19)22/h1-13H. The van der Waals surface area contributed by atoms with Crippen LogP contribution in [0, 0.1) is 0 Å². The molecule has 0 spiro atoms. The van der Waals surface area contributed by atoms with Gasteiger partial charge in [-0.2, -0.15) is 0 Å². The minimum Gasteiger partial charge on any atom is -0.315 e. The first-order valence-corrected chi connectivity index (χ1v) is 7.98. The highest BCUT2D eigenvalue weighted by molar-refractivity contribution is 6.28. The molecule has 106 valence electrons. The summed E-state index contributed by atoms with van der Waals surface area (Å²) in [6.07, 6.45) is 2.19. The van der Waals surface area contributed by atoms with Crippen molar-refractivity contribution in [2.24, 2.45) is 0 Å². The number of benzene rings is 3. The summed E-state index contributed by atoms with van der Waals surface area (Å²) >= 11 is 0. The summed E-state index contributed by atoms with van der Waals surface area (Å²) < 4.78 is 2.35. The molecular formula is C22H13N. The fourth-order valence-corrected chi connectivity index (χ4v) is 4.22. The molecule has 2 heterocycles. The Balaban J connectivity index is 2.04. The second kappa shape index (κ2) is 3.82. The topological polar surface area (TPSA) is 4.41 Å². The molecule has 0 bridgehead atoms. The maximum absolute atomic E-state index is 2.35. The lowest BCUT2D eigenvalue weighted by Gasteiger charge is -2.07. The Hall–Kier alpha value is -3.06. The van der Waals surface area contributed by atoms with Crippen molar-refractivity contribution in [3.63, 3.8) is 0 Å². The first-order valence-electron chi connectivity index (χ1n) is 7.98. The van der Waals surface area contributed by atoms with Gasteiger partial charge in [-0.15, -0.1) is 0 Å². The molecule has 0 fully saturated rings. The van der Waals surface area contributed by atoms with Gasteiger partial charge >= 0.3 is 0 Å². The molecule has 2 aromatic heterocycles. The Kier molecular flexibility index (Phi) is 1.91. The fourth-order valence-electron chi connectivity index (χ4n) is 4.22. The van der Waals surface area contributed by atoms with E-state index in [4.69, 9.17) is 0 Å².